The molecule has 0 aliphatic rings. The minimum absolute atomic E-state index is 0.0904. The topological polar surface area (TPSA) is 93.1 Å². The standard InChI is InChI=1S/C30H22O6/c1-35-29(33)23-13-11-17(15-25(23)31)27-19-7-3-5-9-21(19)28(22-10-6-4-8-20(22)27)18-12-14-24(26(32)16-18)30(34)36-2/h3-16,31-32H,1-2H3. The van der Waals surface area contributed by atoms with Gasteiger partial charge in [0.05, 0.1) is 14.2 Å². The second-order valence-corrected chi connectivity index (χ2v) is 8.29. The molecule has 0 saturated carbocycles. The van der Waals surface area contributed by atoms with E-state index in [1.165, 1.54) is 14.2 Å². The maximum atomic E-state index is 12.0. The Bertz CT molecular complexity index is 1490. The molecule has 0 aliphatic carbocycles. The van der Waals surface area contributed by atoms with Crippen LogP contribution in [0.5, 0.6) is 11.5 Å². The normalized spacial score (nSPS) is 10.9. The number of fused-ring (bicyclic) bond motifs is 2. The van der Waals surface area contributed by atoms with Gasteiger partial charge >= 0.3 is 11.9 Å². The Balaban J connectivity index is 1.83. The van der Waals surface area contributed by atoms with Crippen LogP contribution in [-0.4, -0.2) is 36.4 Å². The van der Waals surface area contributed by atoms with Gasteiger partial charge in [-0.2, -0.15) is 0 Å². The average molecular weight is 479 g/mol. The summed E-state index contributed by atoms with van der Waals surface area (Å²) in [4.78, 5) is 24.0. The molecule has 0 aliphatic heterocycles. The lowest BCUT2D eigenvalue weighted by Crippen LogP contribution is -2.02. The third-order valence-electron chi connectivity index (χ3n) is 6.31. The molecule has 6 heteroatoms. The molecule has 0 bridgehead atoms. The van der Waals surface area contributed by atoms with Crippen LogP contribution in [0.4, 0.5) is 0 Å². The first kappa shape index (κ1) is 22.9. The Morgan fingerprint density at radius 3 is 1.17 bits per heavy atom. The highest BCUT2D eigenvalue weighted by Crippen LogP contribution is 2.45. The van der Waals surface area contributed by atoms with Gasteiger partial charge < -0.3 is 19.7 Å². The molecule has 2 N–H and O–H groups in total. The SMILES string of the molecule is COC(=O)c1ccc(-c2c3ccccc3c(-c3ccc(C(=O)OC)c(O)c3)c3ccccc23)cc1O. The van der Waals surface area contributed by atoms with Crippen molar-refractivity contribution in [3.05, 3.63) is 96.1 Å². The zero-order chi connectivity index (χ0) is 25.4. The van der Waals surface area contributed by atoms with Gasteiger partial charge in [0, 0.05) is 0 Å². The second-order valence-electron chi connectivity index (χ2n) is 8.29. The molecule has 178 valence electrons. The number of esters is 2. The number of hydrogen-bond acceptors (Lipinski definition) is 6. The van der Waals surface area contributed by atoms with Gasteiger partial charge in [0.25, 0.3) is 0 Å². The Hall–Kier alpha value is -4.84. The molecular formula is C30H22O6. The monoisotopic (exact) mass is 478 g/mol. The van der Waals surface area contributed by atoms with E-state index in [0.29, 0.717) is 0 Å². The summed E-state index contributed by atoms with van der Waals surface area (Å²) >= 11 is 0. The Morgan fingerprint density at radius 1 is 0.556 bits per heavy atom. The molecule has 0 fully saturated rings. The van der Waals surface area contributed by atoms with Crippen LogP contribution in [0.15, 0.2) is 84.9 Å². The lowest BCUT2D eigenvalue weighted by molar-refractivity contribution is 0.0588. The fourth-order valence-corrected chi connectivity index (χ4v) is 4.69. The van der Waals surface area contributed by atoms with E-state index >= 15 is 0 Å². The number of ether oxygens (including phenoxy) is 2. The first-order chi connectivity index (χ1) is 17.4. The summed E-state index contributed by atoms with van der Waals surface area (Å²) < 4.78 is 9.52. The Labute approximate surface area is 207 Å². The molecule has 0 spiro atoms. The highest BCUT2D eigenvalue weighted by atomic mass is 16.5. The quantitative estimate of drug-likeness (QED) is 0.232. The number of methoxy groups -OCH3 is 2. The van der Waals surface area contributed by atoms with E-state index in [1.54, 1.807) is 36.4 Å². The van der Waals surface area contributed by atoms with Crippen LogP contribution in [-0.2, 0) is 9.47 Å². The maximum absolute atomic E-state index is 12.0. The number of aromatic hydroxyl groups is 2. The molecule has 6 nitrogen and oxygen atoms in total. The van der Waals surface area contributed by atoms with Gasteiger partial charge in [-0.15, -0.1) is 0 Å². The van der Waals surface area contributed by atoms with Crippen molar-refractivity contribution in [2.45, 2.75) is 0 Å². The molecule has 0 amide bonds. The number of hydrogen-bond donors (Lipinski definition) is 2. The van der Waals surface area contributed by atoms with Crippen molar-refractivity contribution in [2.24, 2.45) is 0 Å². The number of phenolic OH excluding ortho intramolecular Hbond substituents is 2. The van der Waals surface area contributed by atoms with Crippen LogP contribution < -0.4 is 0 Å². The van der Waals surface area contributed by atoms with Crippen LogP contribution in [0, 0.1) is 0 Å². The van der Waals surface area contributed by atoms with Gasteiger partial charge in [0.1, 0.15) is 22.6 Å². The van der Waals surface area contributed by atoms with Crippen molar-refractivity contribution in [2.75, 3.05) is 14.2 Å². The van der Waals surface area contributed by atoms with E-state index in [4.69, 9.17) is 9.47 Å². The summed E-state index contributed by atoms with van der Waals surface area (Å²) in [7, 11) is 2.54. The van der Waals surface area contributed by atoms with Crippen molar-refractivity contribution in [3.8, 4) is 33.8 Å². The zero-order valence-electron chi connectivity index (χ0n) is 19.6. The Kier molecular flexibility index (Phi) is 5.78. The zero-order valence-corrected chi connectivity index (χ0v) is 19.6. The van der Waals surface area contributed by atoms with Gasteiger partial charge in [0.15, 0.2) is 0 Å². The molecule has 5 rings (SSSR count). The fraction of sp³-hybridized carbons (Fsp3) is 0.0667. The molecule has 0 aromatic heterocycles. The van der Waals surface area contributed by atoms with E-state index in [-0.39, 0.29) is 22.6 Å². The van der Waals surface area contributed by atoms with Crippen LogP contribution in [0.2, 0.25) is 0 Å². The minimum Gasteiger partial charge on any atom is -0.507 e. The molecule has 36 heavy (non-hydrogen) atoms. The third-order valence-corrected chi connectivity index (χ3v) is 6.31. The molecule has 0 atom stereocenters. The molecule has 0 saturated heterocycles. The number of rotatable bonds is 4. The van der Waals surface area contributed by atoms with Gasteiger partial charge in [0.2, 0.25) is 0 Å². The number of benzene rings is 5. The summed E-state index contributed by atoms with van der Waals surface area (Å²) in [6, 6.07) is 25.5. The summed E-state index contributed by atoms with van der Waals surface area (Å²) in [5, 5.41) is 24.9. The highest BCUT2D eigenvalue weighted by molar-refractivity contribution is 6.21. The van der Waals surface area contributed by atoms with Crippen LogP contribution in [0.3, 0.4) is 0 Å². The van der Waals surface area contributed by atoms with E-state index in [1.807, 2.05) is 48.5 Å². The third kappa shape index (κ3) is 3.69. The predicted molar refractivity (Wildman–Crippen MR) is 138 cm³/mol. The average Bonchev–Trinajstić information content (AvgIpc) is 2.90. The summed E-state index contributed by atoms with van der Waals surface area (Å²) in [5.41, 5.74) is 3.45. The molecule has 0 unspecified atom stereocenters. The molecule has 5 aromatic carbocycles. The summed E-state index contributed by atoms with van der Waals surface area (Å²) in [5.74, 6) is -1.56. The van der Waals surface area contributed by atoms with Crippen LogP contribution in [0.1, 0.15) is 20.7 Å². The smallest absolute Gasteiger partial charge is 0.341 e. The first-order valence-corrected chi connectivity index (χ1v) is 11.2. The highest BCUT2D eigenvalue weighted by Gasteiger charge is 2.20. The first-order valence-electron chi connectivity index (χ1n) is 11.2. The van der Waals surface area contributed by atoms with Gasteiger partial charge in [-0.3, -0.25) is 0 Å². The van der Waals surface area contributed by atoms with Crippen molar-refractivity contribution in [1.29, 1.82) is 0 Å². The van der Waals surface area contributed by atoms with Crippen molar-refractivity contribution in [3.63, 3.8) is 0 Å². The summed E-state index contributed by atoms with van der Waals surface area (Å²) in [6.45, 7) is 0. The molecule has 0 radical (unpaired) electrons. The maximum Gasteiger partial charge on any atom is 0.341 e. The molecular weight excluding hydrogens is 456 g/mol. The minimum atomic E-state index is -0.612. The number of carbonyl (C=O) groups is 2. The van der Waals surface area contributed by atoms with E-state index < -0.39 is 11.9 Å². The van der Waals surface area contributed by atoms with E-state index in [2.05, 4.69) is 0 Å². The van der Waals surface area contributed by atoms with Gasteiger partial charge in [-0.05, 0) is 68.1 Å². The fourth-order valence-electron chi connectivity index (χ4n) is 4.69. The van der Waals surface area contributed by atoms with Crippen molar-refractivity contribution in [1.82, 2.24) is 0 Å². The van der Waals surface area contributed by atoms with E-state index in [9.17, 15) is 19.8 Å². The lowest BCUT2D eigenvalue weighted by atomic mass is 9.85. The van der Waals surface area contributed by atoms with Gasteiger partial charge in [-0.1, -0.05) is 60.7 Å². The Morgan fingerprint density at radius 2 is 0.889 bits per heavy atom. The lowest BCUT2D eigenvalue weighted by Gasteiger charge is -2.18. The van der Waals surface area contributed by atoms with E-state index in [0.717, 1.165) is 43.8 Å². The largest absolute Gasteiger partial charge is 0.507 e. The second kappa shape index (κ2) is 9.07. The number of phenols is 2. The molecule has 5 aromatic rings. The number of carbonyl (C=O) groups excluding carboxylic acids is 2. The predicted octanol–water partition coefficient (Wildman–Crippen LogP) is 6.31. The van der Waals surface area contributed by atoms with Crippen molar-refractivity contribution >= 4 is 33.5 Å². The summed E-state index contributed by atoms with van der Waals surface area (Å²) in [6.07, 6.45) is 0. The van der Waals surface area contributed by atoms with Crippen molar-refractivity contribution < 1.29 is 29.3 Å². The van der Waals surface area contributed by atoms with Crippen LogP contribution >= 0.6 is 0 Å². The van der Waals surface area contributed by atoms with Gasteiger partial charge in [-0.25, -0.2) is 9.59 Å². The van der Waals surface area contributed by atoms with Crippen LogP contribution in [0.25, 0.3) is 43.8 Å². The molecule has 0 heterocycles.